The molecule has 102 valence electrons. The molecule has 4 heteroatoms. The molecule has 0 spiro atoms. The van der Waals surface area contributed by atoms with Crippen molar-refractivity contribution >= 4 is 11.6 Å². The molecule has 0 unspecified atom stereocenters. The van der Waals surface area contributed by atoms with E-state index in [9.17, 15) is 8.78 Å². The summed E-state index contributed by atoms with van der Waals surface area (Å²) in [6.45, 7) is 7.24. The van der Waals surface area contributed by atoms with E-state index >= 15 is 0 Å². The van der Waals surface area contributed by atoms with Crippen LogP contribution in [0, 0.1) is 11.6 Å². The van der Waals surface area contributed by atoms with Gasteiger partial charge in [-0.05, 0) is 64.3 Å². The Balaban J connectivity index is 2.38. The largest absolute Gasteiger partial charge is 0.312 e. The Bertz CT molecular complexity index is 400. The van der Waals surface area contributed by atoms with Gasteiger partial charge in [0.15, 0.2) is 11.6 Å². The summed E-state index contributed by atoms with van der Waals surface area (Å²) in [6, 6.07) is 2.23. The van der Waals surface area contributed by atoms with Crippen molar-refractivity contribution in [2.45, 2.75) is 45.6 Å². The van der Waals surface area contributed by atoms with Gasteiger partial charge in [0.2, 0.25) is 0 Å². The first-order valence-corrected chi connectivity index (χ1v) is 6.56. The summed E-state index contributed by atoms with van der Waals surface area (Å²) >= 11 is 5.86. The molecule has 0 heterocycles. The van der Waals surface area contributed by atoms with Gasteiger partial charge in [0.1, 0.15) is 0 Å². The number of nitrogens with one attached hydrogen (secondary N) is 1. The molecule has 0 aliphatic carbocycles. The Morgan fingerprint density at radius 1 is 1.11 bits per heavy atom. The highest BCUT2D eigenvalue weighted by molar-refractivity contribution is 6.31. The monoisotopic (exact) mass is 275 g/mol. The molecule has 0 aliphatic rings. The second-order valence-electron chi connectivity index (χ2n) is 5.49. The highest BCUT2D eigenvalue weighted by Gasteiger charge is 2.09. The zero-order chi connectivity index (χ0) is 13.8. The van der Waals surface area contributed by atoms with Gasteiger partial charge in [-0.15, -0.1) is 0 Å². The second-order valence-corrected chi connectivity index (χ2v) is 5.90. The van der Waals surface area contributed by atoms with E-state index in [4.69, 9.17) is 11.6 Å². The van der Waals surface area contributed by atoms with Crippen molar-refractivity contribution in [2.75, 3.05) is 6.54 Å². The van der Waals surface area contributed by atoms with Crippen LogP contribution in [0.2, 0.25) is 5.02 Å². The summed E-state index contributed by atoms with van der Waals surface area (Å²) in [7, 11) is 0. The minimum atomic E-state index is -0.891. The minimum absolute atomic E-state index is 0.111. The second kappa shape index (κ2) is 6.48. The van der Waals surface area contributed by atoms with Gasteiger partial charge >= 0.3 is 0 Å². The quantitative estimate of drug-likeness (QED) is 0.623. The first-order chi connectivity index (χ1) is 8.29. The van der Waals surface area contributed by atoms with Crippen molar-refractivity contribution in [3.63, 3.8) is 0 Å². The first kappa shape index (κ1) is 15.4. The van der Waals surface area contributed by atoms with Gasteiger partial charge in [0, 0.05) is 10.6 Å². The average Bonchev–Trinajstić information content (AvgIpc) is 2.23. The van der Waals surface area contributed by atoms with Crippen molar-refractivity contribution in [1.82, 2.24) is 5.32 Å². The standard InChI is InChI=1S/C14H20ClF2N/c1-14(2,3)18-7-5-4-6-10-8-12(16)13(17)9-11(10)15/h8-9,18H,4-7H2,1-3H3. The number of hydrogen-bond donors (Lipinski definition) is 1. The van der Waals surface area contributed by atoms with E-state index in [2.05, 4.69) is 26.1 Å². The van der Waals surface area contributed by atoms with Gasteiger partial charge < -0.3 is 5.32 Å². The number of aryl methyl sites for hydroxylation is 1. The molecule has 0 saturated heterocycles. The smallest absolute Gasteiger partial charge is 0.160 e. The molecule has 1 N–H and O–H groups in total. The van der Waals surface area contributed by atoms with Crippen molar-refractivity contribution in [3.05, 3.63) is 34.4 Å². The first-order valence-electron chi connectivity index (χ1n) is 6.18. The predicted octanol–water partition coefficient (Wildman–Crippen LogP) is 4.33. The van der Waals surface area contributed by atoms with E-state index in [-0.39, 0.29) is 5.54 Å². The van der Waals surface area contributed by atoms with E-state index in [1.54, 1.807) is 0 Å². The van der Waals surface area contributed by atoms with E-state index in [0.29, 0.717) is 17.0 Å². The molecule has 0 bridgehead atoms. The summed E-state index contributed by atoms with van der Waals surface area (Å²) < 4.78 is 25.9. The Morgan fingerprint density at radius 3 is 2.33 bits per heavy atom. The van der Waals surface area contributed by atoms with Crippen LogP contribution in [0.3, 0.4) is 0 Å². The van der Waals surface area contributed by atoms with Crippen LogP contribution in [0.5, 0.6) is 0 Å². The molecule has 0 amide bonds. The minimum Gasteiger partial charge on any atom is -0.312 e. The van der Waals surface area contributed by atoms with Gasteiger partial charge in [0.25, 0.3) is 0 Å². The average molecular weight is 276 g/mol. The molecule has 1 nitrogen and oxygen atoms in total. The van der Waals surface area contributed by atoms with Crippen LogP contribution < -0.4 is 5.32 Å². The van der Waals surface area contributed by atoms with Gasteiger partial charge in [-0.2, -0.15) is 0 Å². The topological polar surface area (TPSA) is 12.0 Å². The third-order valence-corrected chi connectivity index (χ3v) is 2.97. The highest BCUT2D eigenvalue weighted by Crippen LogP contribution is 2.21. The lowest BCUT2D eigenvalue weighted by Crippen LogP contribution is -2.36. The van der Waals surface area contributed by atoms with Crippen LogP contribution in [0.4, 0.5) is 8.78 Å². The maximum atomic E-state index is 13.0. The maximum Gasteiger partial charge on any atom is 0.160 e. The van der Waals surface area contributed by atoms with Gasteiger partial charge in [-0.25, -0.2) is 8.78 Å². The lowest BCUT2D eigenvalue weighted by Gasteiger charge is -2.20. The van der Waals surface area contributed by atoms with Crippen molar-refractivity contribution < 1.29 is 8.78 Å². The molecule has 1 aromatic carbocycles. The van der Waals surface area contributed by atoms with Crippen LogP contribution in [0.25, 0.3) is 0 Å². The van der Waals surface area contributed by atoms with Gasteiger partial charge in [-0.1, -0.05) is 11.6 Å². The van der Waals surface area contributed by atoms with Crippen LogP contribution >= 0.6 is 11.6 Å². The molecule has 0 saturated carbocycles. The summed E-state index contributed by atoms with van der Waals surface area (Å²) in [6.07, 6.45) is 2.54. The number of rotatable bonds is 5. The Kier molecular flexibility index (Phi) is 5.54. The van der Waals surface area contributed by atoms with Crippen molar-refractivity contribution in [2.24, 2.45) is 0 Å². The SMILES string of the molecule is CC(C)(C)NCCCCc1cc(F)c(F)cc1Cl. The maximum absolute atomic E-state index is 13.0. The molecule has 1 aromatic rings. The molecular formula is C14H20ClF2N. The lowest BCUT2D eigenvalue weighted by atomic mass is 10.1. The van der Waals surface area contributed by atoms with Crippen LogP contribution in [-0.4, -0.2) is 12.1 Å². The molecule has 0 aliphatic heterocycles. The third kappa shape index (κ3) is 5.32. The number of unbranched alkanes of at least 4 members (excludes halogenated alkanes) is 1. The predicted molar refractivity (Wildman–Crippen MR) is 72.1 cm³/mol. The lowest BCUT2D eigenvalue weighted by molar-refractivity contribution is 0.418. The number of halogens is 3. The molecule has 1 rings (SSSR count). The van der Waals surface area contributed by atoms with Crippen LogP contribution in [-0.2, 0) is 6.42 Å². The van der Waals surface area contributed by atoms with Crippen LogP contribution in [0.15, 0.2) is 12.1 Å². The zero-order valence-corrected chi connectivity index (χ0v) is 11.9. The Morgan fingerprint density at radius 2 is 1.72 bits per heavy atom. The number of benzene rings is 1. The molecule has 0 fully saturated rings. The van der Waals surface area contributed by atoms with Crippen LogP contribution in [0.1, 0.15) is 39.2 Å². The zero-order valence-electron chi connectivity index (χ0n) is 11.1. The fourth-order valence-corrected chi connectivity index (χ4v) is 1.90. The van der Waals surface area contributed by atoms with Gasteiger partial charge in [0.05, 0.1) is 0 Å². The fraction of sp³-hybridized carbons (Fsp3) is 0.571. The van der Waals surface area contributed by atoms with E-state index in [0.717, 1.165) is 25.5 Å². The summed E-state index contributed by atoms with van der Waals surface area (Å²) in [5, 5.41) is 3.68. The van der Waals surface area contributed by atoms with E-state index in [1.165, 1.54) is 6.07 Å². The third-order valence-electron chi connectivity index (χ3n) is 2.62. The summed E-state index contributed by atoms with van der Waals surface area (Å²) in [5.41, 5.74) is 0.783. The van der Waals surface area contributed by atoms with E-state index < -0.39 is 11.6 Å². The molecular weight excluding hydrogens is 256 g/mol. The van der Waals surface area contributed by atoms with Crippen molar-refractivity contribution in [3.8, 4) is 0 Å². The molecule has 0 radical (unpaired) electrons. The Hall–Kier alpha value is -0.670. The van der Waals surface area contributed by atoms with E-state index in [1.807, 2.05) is 0 Å². The molecule has 18 heavy (non-hydrogen) atoms. The summed E-state index contributed by atoms with van der Waals surface area (Å²) in [5.74, 6) is -1.72. The molecule has 0 atom stereocenters. The normalized spacial score (nSPS) is 11.9. The molecule has 0 aromatic heterocycles. The van der Waals surface area contributed by atoms with Gasteiger partial charge in [-0.3, -0.25) is 0 Å². The highest BCUT2D eigenvalue weighted by atomic mass is 35.5. The fourth-order valence-electron chi connectivity index (χ4n) is 1.66. The summed E-state index contributed by atoms with van der Waals surface area (Å²) in [4.78, 5) is 0. The van der Waals surface area contributed by atoms with Crippen molar-refractivity contribution in [1.29, 1.82) is 0 Å². The Labute approximate surface area is 113 Å². The number of hydrogen-bond acceptors (Lipinski definition) is 1.